The summed E-state index contributed by atoms with van der Waals surface area (Å²) in [6.45, 7) is 0. The van der Waals surface area contributed by atoms with E-state index in [2.05, 4.69) is 16.4 Å². The molecule has 1 saturated heterocycles. The fraction of sp³-hybridized carbons (Fsp3) is 0.333. The first-order valence-electron chi connectivity index (χ1n) is 4.17. The van der Waals surface area contributed by atoms with Gasteiger partial charge in [-0.15, -0.1) is 11.8 Å². The fourth-order valence-electron chi connectivity index (χ4n) is 1.24. The van der Waals surface area contributed by atoms with Gasteiger partial charge in [0.2, 0.25) is 0 Å². The first-order chi connectivity index (χ1) is 6.36. The Kier molecular flexibility index (Phi) is 2.80. The summed E-state index contributed by atoms with van der Waals surface area (Å²) in [5, 5.41) is 3.59. The van der Waals surface area contributed by atoms with Gasteiger partial charge in [0, 0.05) is 30.1 Å². The Balaban J connectivity index is 2.13. The van der Waals surface area contributed by atoms with Crippen LogP contribution in [0.1, 0.15) is 17.4 Å². The van der Waals surface area contributed by atoms with Gasteiger partial charge in [0.05, 0.1) is 10.4 Å². The molecule has 1 aromatic heterocycles. The largest absolute Gasteiger partial charge is 0.364 e. The second-order valence-electron chi connectivity index (χ2n) is 2.85. The van der Waals surface area contributed by atoms with Crippen LogP contribution in [-0.2, 0) is 0 Å². The van der Waals surface area contributed by atoms with Crippen molar-refractivity contribution in [2.75, 3.05) is 5.75 Å². The molecule has 2 nitrogen and oxygen atoms in total. The Morgan fingerprint density at radius 1 is 1.62 bits per heavy atom. The molecule has 0 saturated carbocycles. The van der Waals surface area contributed by atoms with Crippen LogP contribution in [0, 0.1) is 0 Å². The van der Waals surface area contributed by atoms with Crippen molar-refractivity contribution in [3.8, 4) is 0 Å². The van der Waals surface area contributed by atoms with Crippen LogP contribution in [0.3, 0.4) is 0 Å². The van der Waals surface area contributed by atoms with Crippen LogP contribution in [0.15, 0.2) is 24.5 Å². The molecule has 13 heavy (non-hydrogen) atoms. The van der Waals surface area contributed by atoms with Crippen LogP contribution in [0.5, 0.6) is 0 Å². The lowest BCUT2D eigenvalue weighted by Gasteiger charge is -2.24. The molecule has 2 heterocycles. The van der Waals surface area contributed by atoms with Crippen molar-refractivity contribution in [2.45, 2.75) is 11.8 Å². The number of hydrogen-bond donors (Lipinski definition) is 1. The predicted octanol–water partition coefficient (Wildman–Crippen LogP) is 2.13. The molecule has 1 unspecified atom stereocenters. The summed E-state index contributed by atoms with van der Waals surface area (Å²) in [5.74, 6) is 1.10. The molecule has 1 fully saturated rings. The normalized spacial score (nSPS) is 22.5. The fourth-order valence-corrected chi connectivity index (χ4v) is 2.78. The molecule has 1 N–H and O–H groups in total. The van der Waals surface area contributed by atoms with Gasteiger partial charge in [-0.2, -0.15) is 0 Å². The van der Waals surface area contributed by atoms with Gasteiger partial charge in [-0.1, -0.05) is 18.3 Å². The summed E-state index contributed by atoms with van der Waals surface area (Å²) >= 11 is 7.02. The van der Waals surface area contributed by atoms with Gasteiger partial charge >= 0.3 is 0 Å². The van der Waals surface area contributed by atoms with E-state index in [1.807, 2.05) is 24.0 Å². The van der Waals surface area contributed by atoms with E-state index in [0.717, 1.165) is 17.2 Å². The van der Waals surface area contributed by atoms with Gasteiger partial charge in [0.25, 0.3) is 0 Å². The van der Waals surface area contributed by atoms with E-state index in [4.69, 9.17) is 12.2 Å². The number of nitrogens with one attached hydrogen (secondary N) is 1. The molecule has 4 heteroatoms. The average molecular weight is 210 g/mol. The van der Waals surface area contributed by atoms with Gasteiger partial charge in [-0.25, -0.2) is 0 Å². The van der Waals surface area contributed by atoms with E-state index >= 15 is 0 Å². The molecule has 1 aliphatic rings. The first kappa shape index (κ1) is 8.97. The number of thioether (sulfide) groups is 1. The van der Waals surface area contributed by atoms with Crippen molar-refractivity contribution in [3.05, 3.63) is 30.1 Å². The van der Waals surface area contributed by atoms with Crippen LogP contribution in [0.2, 0.25) is 0 Å². The zero-order chi connectivity index (χ0) is 9.10. The van der Waals surface area contributed by atoms with E-state index in [1.54, 1.807) is 6.20 Å². The number of nitrogens with zero attached hydrogens (tertiary/aromatic N) is 1. The van der Waals surface area contributed by atoms with E-state index in [0.29, 0.717) is 5.37 Å². The van der Waals surface area contributed by atoms with Gasteiger partial charge < -0.3 is 5.32 Å². The summed E-state index contributed by atoms with van der Waals surface area (Å²) in [6.07, 6.45) is 4.67. The molecular formula is C9H10N2S2. The summed E-state index contributed by atoms with van der Waals surface area (Å²) in [5.41, 5.74) is 1.20. The highest BCUT2D eigenvalue weighted by molar-refractivity contribution is 7.99. The summed E-state index contributed by atoms with van der Waals surface area (Å²) < 4.78 is 0. The Bertz CT molecular complexity index is 300. The van der Waals surface area contributed by atoms with Crippen molar-refractivity contribution in [3.63, 3.8) is 0 Å². The van der Waals surface area contributed by atoms with E-state index < -0.39 is 0 Å². The zero-order valence-electron chi connectivity index (χ0n) is 7.06. The monoisotopic (exact) mass is 210 g/mol. The predicted molar refractivity (Wildman–Crippen MR) is 59.8 cm³/mol. The Labute approximate surface area is 87.1 Å². The lowest BCUT2D eigenvalue weighted by Crippen LogP contribution is -2.29. The van der Waals surface area contributed by atoms with Crippen LogP contribution in [-0.4, -0.2) is 15.7 Å². The van der Waals surface area contributed by atoms with Crippen molar-refractivity contribution in [2.24, 2.45) is 0 Å². The van der Waals surface area contributed by atoms with Crippen LogP contribution < -0.4 is 5.32 Å². The summed E-state index contributed by atoms with van der Waals surface area (Å²) in [4.78, 5) is 5.05. The third kappa shape index (κ3) is 2.19. The highest BCUT2D eigenvalue weighted by Crippen LogP contribution is 2.29. The maximum atomic E-state index is 5.14. The number of hydrogen-bond acceptors (Lipinski definition) is 3. The molecule has 0 aromatic carbocycles. The molecular weight excluding hydrogens is 200 g/mol. The minimum Gasteiger partial charge on any atom is -0.364 e. The quantitative estimate of drug-likeness (QED) is 0.718. The maximum Gasteiger partial charge on any atom is 0.0998 e. The third-order valence-corrected chi connectivity index (χ3v) is 3.38. The lowest BCUT2D eigenvalue weighted by molar-refractivity contribution is 0.855. The van der Waals surface area contributed by atoms with Crippen molar-refractivity contribution in [1.29, 1.82) is 0 Å². The smallest absolute Gasteiger partial charge is 0.0998 e. The Hall–Kier alpha value is -0.610. The van der Waals surface area contributed by atoms with Crippen LogP contribution in [0.25, 0.3) is 0 Å². The van der Waals surface area contributed by atoms with Crippen molar-refractivity contribution in [1.82, 2.24) is 10.3 Å². The number of pyridine rings is 1. The van der Waals surface area contributed by atoms with Crippen LogP contribution in [0.4, 0.5) is 0 Å². The maximum absolute atomic E-state index is 5.14. The van der Waals surface area contributed by atoms with E-state index in [9.17, 15) is 0 Å². The number of aromatic nitrogens is 1. The molecule has 0 bridgehead atoms. The summed E-state index contributed by atoms with van der Waals surface area (Å²) in [7, 11) is 0. The Morgan fingerprint density at radius 2 is 2.54 bits per heavy atom. The van der Waals surface area contributed by atoms with Crippen LogP contribution >= 0.6 is 24.0 Å². The van der Waals surface area contributed by atoms with Crippen molar-refractivity contribution >= 4 is 29.0 Å². The van der Waals surface area contributed by atoms with E-state index in [-0.39, 0.29) is 0 Å². The Morgan fingerprint density at radius 3 is 3.23 bits per heavy atom. The van der Waals surface area contributed by atoms with Gasteiger partial charge in [0.15, 0.2) is 0 Å². The van der Waals surface area contributed by atoms with Gasteiger partial charge in [0.1, 0.15) is 0 Å². The second kappa shape index (κ2) is 4.07. The van der Waals surface area contributed by atoms with E-state index in [1.165, 1.54) is 5.56 Å². The molecule has 1 aromatic rings. The third-order valence-electron chi connectivity index (χ3n) is 1.89. The number of rotatable bonds is 1. The first-order valence-corrected chi connectivity index (χ1v) is 5.63. The molecule has 68 valence electrons. The molecule has 0 radical (unpaired) electrons. The SMILES string of the molecule is S=C1CCSC(c2cccnc2)N1. The molecule has 0 spiro atoms. The minimum absolute atomic E-state index is 0.301. The summed E-state index contributed by atoms with van der Waals surface area (Å²) in [6, 6.07) is 4.03. The number of thiocarbonyl (C=S) groups is 1. The molecule has 1 atom stereocenters. The van der Waals surface area contributed by atoms with Gasteiger partial charge in [-0.05, 0) is 6.07 Å². The second-order valence-corrected chi connectivity index (χ2v) is 4.56. The standard InChI is InChI=1S/C9H10N2S2/c12-8-3-5-13-9(11-8)7-2-1-4-10-6-7/h1-2,4,6,9H,3,5H2,(H,11,12). The molecule has 0 aliphatic carbocycles. The zero-order valence-corrected chi connectivity index (χ0v) is 8.70. The minimum atomic E-state index is 0.301. The lowest BCUT2D eigenvalue weighted by atomic mass is 10.3. The highest BCUT2D eigenvalue weighted by atomic mass is 32.2. The van der Waals surface area contributed by atoms with Crippen molar-refractivity contribution < 1.29 is 0 Å². The molecule has 0 amide bonds. The van der Waals surface area contributed by atoms with Gasteiger partial charge in [-0.3, -0.25) is 4.98 Å². The molecule has 2 rings (SSSR count). The molecule has 1 aliphatic heterocycles. The highest BCUT2D eigenvalue weighted by Gasteiger charge is 2.17. The average Bonchev–Trinajstić information content (AvgIpc) is 2.19. The topological polar surface area (TPSA) is 24.9 Å².